The zero-order chi connectivity index (χ0) is 19.0. The highest BCUT2D eigenvalue weighted by molar-refractivity contribution is 7.10. The molecule has 0 bridgehead atoms. The van der Waals surface area contributed by atoms with Crippen LogP contribution < -0.4 is 16.0 Å². The number of anilines is 1. The van der Waals surface area contributed by atoms with E-state index >= 15 is 0 Å². The fourth-order valence-electron chi connectivity index (χ4n) is 2.28. The minimum Gasteiger partial charge on any atom is -0.357 e. The van der Waals surface area contributed by atoms with Crippen molar-refractivity contribution in [3.8, 4) is 0 Å². The summed E-state index contributed by atoms with van der Waals surface area (Å²) in [5.41, 5.74) is 0.504. The molecule has 2 rings (SSSR count). The van der Waals surface area contributed by atoms with Crippen molar-refractivity contribution in [1.29, 1.82) is 0 Å². The van der Waals surface area contributed by atoms with E-state index in [9.17, 15) is 9.18 Å². The monoisotopic (exact) mass is 376 g/mol. The molecule has 3 N–H and O–H groups in total. The summed E-state index contributed by atoms with van der Waals surface area (Å²) in [5, 5.41) is 11.2. The summed E-state index contributed by atoms with van der Waals surface area (Å²) >= 11 is 1.72. The highest BCUT2D eigenvalue weighted by Gasteiger charge is 2.21. The average molecular weight is 377 g/mol. The third-order valence-electron chi connectivity index (χ3n) is 3.74. The Morgan fingerprint density at radius 3 is 2.54 bits per heavy atom. The Balaban J connectivity index is 1.91. The standard InChI is InChI=1S/C19H25FN4OS/c1-4-21-18(23-13-19(2,3)16-6-5-11-26-16)22-12-17(25)24-15-9-7-14(20)8-10-15/h5-11H,4,12-13H2,1-3H3,(H,24,25)(H2,21,22,23). The number of carbonyl (C=O) groups excluding carboxylic acids is 1. The molecule has 0 fully saturated rings. The van der Waals surface area contributed by atoms with Gasteiger partial charge in [-0.3, -0.25) is 4.79 Å². The van der Waals surface area contributed by atoms with Crippen LogP contribution in [0.2, 0.25) is 0 Å². The minimum atomic E-state index is -0.340. The van der Waals surface area contributed by atoms with Crippen molar-refractivity contribution < 1.29 is 9.18 Å². The molecule has 1 heterocycles. The number of nitrogens with zero attached hydrogens (tertiary/aromatic N) is 1. The fourth-order valence-corrected chi connectivity index (χ4v) is 3.13. The molecule has 1 aromatic carbocycles. The molecule has 0 spiro atoms. The summed E-state index contributed by atoms with van der Waals surface area (Å²) in [6.45, 7) is 7.67. The first-order valence-electron chi connectivity index (χ1n) is 8.52. The van der Waals surface area contributed by atoms with Gasteiger partial charge in [0, 0.05) is 29.1 Å². The van der Waals surface area contributed by atoms with Crippen LogP contribution in [0.3, 0.4) is 0 Å². The lowest BCUT2D eigenvalue weighted by Crippen LogP contribution is -2.43. The largest absolute Gasteiger partial charge is 0.357 e. The topological polar surface area (TPSA) is 65.5 Å². The van der Waals surface area contributed by atoms with E-state index in [1.165, 1.54) is 29.1 Å². The molecule has 0 aliphatic rings. The maximum atomic E-state index is 12.9. The lowest BCUT2D eigenvalue weighted by atomic mass is 9.91. The SMILES string of the molecule is CCNC(=NCC(=O)Nc1ccc(F)cc1)NCC(C)(C)c1cccs1. The van der Waals surface area contributed by atoms with Gasteiger partial charge in [-0.05, 0) is 42.6 Å². The summed E-state index contributed by atoms with van der Waals surface area (Å²) in [6.07, 6.45) is 0. The van der Waals surface area contributed by atoms with E-state index in [1.807, 2.05) is 13.0 Å². The van der Waals surface area contributed by atoms with Crippen LogP contribution >= 0.6 is 11.3 Å². The van der Waals surface area contributed by atoms with Crippen molar-refractivity contribution >= 4 is 28.9 Å². The molecule has 0 aliphatic heterocycles. The normalized spacial score (nSPS) is 11.9. The van der Waals surface area contributed by atoms with Gasteiger partial charge in [-0.15, -0.1) is 11.3 Å². The Bertz CT molecular complexity index is 727. The predicted octanol–water partition coefficient (Wildman–Crippen LogP) is 3.36. The average Bonchev–Trinajstić information content (AvgIpc) is 3.15. The van der Waals surface area contributed by atoms with Gasteiger partial charge in [0.25, 0.3) is 0 Å². The van der Waals surface area contributed by atoms with Gasteiger partial charge < -0.3 is 16.0 Å². The summed E-state index contributed by atoms with van der Waals surface area (Å²) in [6, 6.07) is 9.80. The molecule has 26 heavy (non-hydrogen) atoms. The van der Waals surface area contributed by atoms with E-state index in [0.29, 0.717) is 24.7 Å². The Hall–Kier alpha value is -2.41. The summed E-state index contributed by atoms with van der Waals surface area (Å²) in [5.74, 6) is -0.00859. The molecule has 0 saturated heterocycles. The van der Waals surface area contributed by atoms with Crippen LogP contribution in [0.5, 0.6) is 0 Å². The van der Waals surface area contributed by atoms with Gasteiger partial charge in [0.1, 0.15) is 12.4 Å². The second-order valence-electron chi connectivity index (χ2n) is 6.46. The number of carbonyl (C=O) groups is 1. The van der Waals surface area contributed by atoms with Crippen LogP contribution in [0.4, 0.5) is 10.1 Å². The van der Waals surface area contributed by atoms with E-state index < -0.39 is 0 Å². The molecule has 1 aromatic heterocycles. The molecule has 0 saturated carbocycles. The second-order valence-corrected chi connectivity index (χ2v) is 7.41. The zero-order valence-corrected chi connectivity index (χ0v) is 16.1. The smallest absolute Gasteiger partial charge is 0.246 e. The number of rotatable bonds is 7. The number of aliphatic imine (C=N–C) groups is 1. The van der Waals surface area contributed by atoms with Gasteiger partial charge in [0.15, 0.2) is 5.96 Å². The van der Waals surface area contributed by atoms with E-state index in [1.54, 1.807) is 11.3 Å². The van der Waals surface area contributed by atoms with Crippen molar-refractivity contribution in [2.24, 2.45) is 4.99 Å². The molecule has 140 valence electrons. The lowest BCUT2D eigenvalue weighted by molar-refractivity contribution is -0.114. The molecule has 7 heteroatoms. The van der Waals surface area contributed by atoms with Crippen molar-refractivity contribution in [3.63, 3.8) is 0 Å². The van der Waals surface area contributed by atoms with Gasteiger partial charge in [-0.2, -0.15) is 0 Å². The van der Waals surface area contributed by atoms with Gasteiger partial charge >= 0.3 is 0 Å². The van der Waals surface area contributed by atoms with E-state index in [-0.39, 0.29) is 23.7 Å². The van der Waals surface area contributed by atoms with Crippen LogP contribution in [0, 0.1) is 5.82 Å². The first-order valence-corrected chi connectivity index (χ1v) is 9.40. The van der Waals surface area contributed by atoms with E-state index in [0.717, 1.165) is 0 Å². The number of halogens is 1. The van der Waals surface area contributed by atoms with Crippen LogP contribution in [0.25, 0.3) is 0 Å². The van der Waals surface area contributed by atoms with Crippen LogP contribution in [-0.2, 0) is 10.2 Å². The van der Waals surface area contributed by atoms with Crippen LogP contribution in [0.1, 0.15) is 25.6 Å². The zero-order valence-electron chi connectivity index (χ0n) is 15.3. The fraction of sp³-hybridized carbons (Fsp3) is 0.368. The van der Waals surface area contributed by atoms with Crippen LogP contribution in [0.15, 0.2) is 46.8 Å². The van der Waals surface area contributed by atoms with E-state index in [4.69, 9.17) is 0 Å². The summed E-state index contributed by atoms with van der Waals surface area (Å²) in [7, 11) is 0. The van der Waals surface area contributed by atoms with E-state index in [2.05, 4.69) is 46.2 Å². The van der Waals surface area contributed by atoms with Gasteiger partial charge in [0.2, 0.25) is 5.91 Å². The molecule has 0 aliphatic carbocycles. The highest BCUT2D eigenvalue weighted by atomic mass is 32.1. The third-order valence-corrected chi connectivity index (χ3v) is 4.97. The minimum absolute atomic E-state index is 0.0217. The number of thiophene rings is 1. The van der Waals surface area contributed by atoms with Crippen LogP contribution in [-0.4, -0.2) is 31.5 Å². The Kier molecular flexibility index (Phi) is 7.15. The maximum Gasteiger partial charge on any atom is 0.246 e. The predicted molar refractivity (Wildman–Crippen MR) is 106 cm³/mol. The number of hydrogen-bond donors (Lipinski definition) is 3. The highest BCUT2D eigenvalue weighted by Crippen LogP contribution is 2.26. The second kappa shape index (κ2) is 9.33. The Labute approximate surface area is 157 Å². The molecule has 0 radical (unpaired) electrons. The first-order chi connectivity index (χ1) is 12.4. The third kappa shape index (κ3) is 6.15. The lowest BCUT2D eigenvalue weighted by Gasteiger charge is -2.25. The number of benzene rings is 1. The molecule has 0 atom stereocenters. The summed E-state index contributed by atoms with van der Waals surface area (Å²) in [4.78, 5) is 17.6. The molecular formula is C19H25FN4OS. The Morgan fingerprint density at radius 2 is 1.92 bits per heavy atom. The molecule has 0 unspecified atom stereocenters. The number of hydrogen-bond acceptors (Lipinski definition) is 3. The molecular weight excluding hydrogens is 351 g/mol. The van der Waals surface area contributed by atoms with Crippen molar-refractivity contribution in [2.75, 3.05) is 25.0 Å². The Morgan fingerprint density at radius 1 is 1.19 bits per heavy atom. The van der Waals surface area contributed by atoms with Gasteiger partial charge in [-0.1, -0.05) is 19.9 Å². The van der Waals surface area contributed by atoms with Gasteiger partial charge in [-0.25, -0.2) is 9.38 Å². The summed E-state index contributed by atoms with van der Waals surface area (Å²) < 4.78 is 12.9. The number of amides is 1. The molecule has 5 nitrogen and oxygen atoms in total. The molecule has 2 aromatic rings. The first kappa shape index (κ1) is 19.9. The number of guanidine groups is 1. The maximum absolute atomic E-state index is 12.9. The van der Waals surface area contributed by atoms with Crippen molar-refractivity contribution in [3.05, 3.63) is 52.5 Å². The van der Waals surface area contributed by atoms with Crippen molar-refractivity contribution in [2.45, 2.75) is 26.2 Å². The number of nitrogens with one attached hydrogen (secondary N) is 3. The quantitative estimate of drug-likeness (QED) is 0.513. The van der Waals surface area contributed by atoms with Crippen molar-refractivity contribution in [1.82, 2.24) is 10.6 Å². The molecule has 1 amide bonds. The van der Waals surface area contributed by atoms with Gasteiger partial charge in [0.05, 0.1) is 0 Å².